The van der Waals surface area contributed by atoms with Crippen LogP contribution >= 0.6 is 0 Å². The lowest BCUT2D eigenvalue weighted by molar-refractivity contribution is -0.122. The summed E-state index contributed by atoms with van der Waals surface area (Å²) in [6.45, 7) is 6.33. The second kappa shape index (κ2) is 6.08. The number of carbonyl (C=O) groups excluding carboxylic acids is 1. The summed E-state index contributed by atoms with van der Waals surface area (Å²) >= 11 is 0. The predicted molar refractivity (Wildman–Crippen MR) is 61.5 cm³/mol. The summed E-state index contributed by atoms with van der Waals surface area (Å²) in [5.74, 6) is 0.156. The van der Waals surface area contributed by atoms with Crippen LogP contribution in [0.1, 0.15) is 33.1 Å². The van der Waals surface area contributed by atoms with E-state index in [1.807, 2.05) is 0 Å². The average molecular weight is 213 g/mol. The van der Waals surface area contributed by atoms with Crippen LogP contribution in [0.2, 0.25) is 0 Å². The lowest BCUT2D eigenvalue weighted by Crippen LogP contribution is -2.42. The van der Waals surface area contributed by atoms with Gasteiger partial charge < -0.3 is 11.1 Å². The fourth-order valence-electron chi connectivity index (χ4n) is 1.50. The molecule has 3 N–H and O–H groups in total. The van der Waals surface area contributed by atoms with E-state index >= 15 is 0 Å². The van der Waals surface area contributed by atoms with E-state index in [0.29, 0.717) is 25.2 Å². The SMILES string of the molecule is CC(C)N(CCCN)CC(=O)NC1CC1. The first kappa shape index (κ1) is 12.5. The topological polar surface area (TPSA) is 58.4 Å². The van der Waals surface area contributed by atoms with Crippen LogP contribution in [-0.2, 0) is 4.79 Å². The van der Waals surface area contributed by atoms with Crippen LogP contribution in [0.15, 0.2) is 0 Å². The van der Waals surface area contributed by atoms with Gasteiger partial charge in [-0.15, -0.1) is 0 Å². The van der Waals surface area contributed by atoms with Gasteiger partial charge in [0.1, 0.15) is 0 Å². The maximum absolute atomic E-state index is 11.6. The van der Waals surface area contributed by atoms with Gasteiger partial charge in [-0.25, -0.2) is 0 Å². The van der Waals surface area contributed by atoms with Gasteiger partial charge in [0.2, 0.25) is 5.91 Å². The van der Waals surface area contributed by atoms with Gasteiger partial charge in [-0.3, -0.25) is 9.69 Å². The third-order valence-corrected chi connectivity index (χ3v) is 2.67. The Morgan fingerprint density at radius 1 is 1.53 bits per heavy atom. The van der Waals surface area contributed by atoms with Crippen LogP contribution in [0.4, 0.5) is 0 Å². The van der Waals surface area contributed by atoms with E-state index < -0.39 is 0 Å². The second-order valence-electron chi connectivity index (χ2n) is 4.55. The molecule has 0 aliphatic heterocycles. The summed E-state index contributed by atoms with van der Waals surface area (Å²) in [5.41, 5.74) is 5.47. The van der Waals surface area contributed by atoms with Gasteiger partial charge >= 0.3 is 0 Å². The van der Waals surface area contributed by atoms with Crippen molar-refractivity contribution in [3.63, 3.8) is 0 Å². The first-order chi connectivity index (χ1) is 7.13. The molecular formula is C11H23N3O. The number of amides is 1. The standard InChI is InChI=1S/C11H23N3O/c1-9(2)14(7-3-6-12)8-11(15)13-10-4-5-10/h9-10H,3-8,12H2,1-2H3,(H,13,15). The van der Waals surface area contributed by atoms with Crippen LogP contribution in [0.5, 0.6) is 0 Å². The Balaban J connectivity index is 2.24. The van der Waals surface area contributed by atoms with Gasteiger partial charge in [0.05, 0.1) is 6.54 Å². The third kappa shape index (κ3) is 5.14. The molecule has 0 aromatic heterocycles. The molecule has 1 fully saturated rings. The molecule has 0 unspecified atom stereocenters. The molecule has 0 saturated heterocycles. The van der Waals surface area contributed by atoms with Crippen LogP contribution in [0, 0.1) is 0 Å². The van der Waals surface area contributed by atoms with Gasteiger partial charge in [-0.05, 0) is 39.7 Å². The fourth-order valence-corrected chi connectivity index (χ4v) is 1.50. The van der Waals surface area contributed by atoms with Crippen molar-refractivity contribution in [1.82, 2.24) is 10.2 Å². The zero-order chi connectivity index (χ0) is 11.3. The molecule has 4 heteroatoms. The van der Waals surface area contributed by atoms with Crippen LogP contribution in [0.25, 0.3) is 0 Å². The molecule has 1 amide bonds. The van der Waals surface area contributed by atoms with E-state index in [9.17, 15) is 4.79 Å². The molecule has 0 aromatic rings. The van der Waals surface area contributed by atoms with E-state index in [2.05, 4.69) is 24.1 Å². The Kier molecular flexibility index (Phi) is 5.05. The molecule has 1 rings (SSSR count). The second-order valence-corrected chi connectivity index (χ2v) is 4.55. The summed E-state index contributed by atoms with van der Waals surface area (Å²) in [6.07, 6.45) is 3.25. The number of rotatable bonds is 7. The monoisotopic (exact) mass is 213 g/mol. The van der Waals surface area contributed by atoms with E-state index in [1.54, 1.807) is 0 Å². The highest BCUT2D eigenvalue weighted by molar-refractivity contribution is 5.78. The number of hydrogen-bond acceptors (Lipinski definition) is 3. The molecule has 15 heavy (non-hydrogen) atoms. The summed E-state index contributed by atoms with van der Waals surface area (Å²) in [5, 5.41) is 3.00. The Hall–Kier alpha value is -0.610. The minimum Gasteiger partial charge on any atom is -0.352 e. The lowest BCUT2D eigenvalue weighted by atomic mass is 10.2. The Morgan fingerprint density at radius 2 is 2.20 bits per heavy atom. The van der Waals surface area contributed by atoms with Gasteiger partial charge in [0.25, 0.3) is 0 Å². The van der Waals surface area contributed by atoms with Crippen molar-refractivity contribution >= 4 is 5.91 Å². The highest BCUT2D eigenvalue weighted by atomic mass is 16.2. The van der Waals surface area contributed by atoms with E-state index in [0.717, 1.165) is 25.8 Å². The van der Waals surface area contributed by atoms with Crippen molar-refractivity contribution in [3.05, 3.63) is 0 Å². The highest BCUT2D eigenvalue weighted by Crippen LogP contribution is 2.18. The fraction of sp³-hybridized carbons (Fsp3) is 0.909. The Labute approximate surface area is 92.2 Å². The zero-order valence-electron chi connectivity index (χ0n) is 9.83. The molecule has 1 aliphatic rings. The van der Waals surface area contributed by atoms with Gasteiger partial charge in [0.15, 0.2) is 0 Å². The molecule has 0 heterocycles. The molecule has 4 nitrogen and oxygen atoms in total. The molecule has 1 aliphatic carbocycles. The number of nitrogens with zero attached hydrogens (tertiary/aromatic N) is 1. The number of carbonyl (C=O) groups is 1. The Morgan fingerprint density at radius 3 is 2.67 bits per heavy atom. The first-order valence-electron chi connectivity index (χ1n) is 5.87. The maximum Gasteiger partial charge on any atom is 0.234 e. The molecule has 0 radical (unpaired) electrons. The van der Waals surface area contributed by atoms with Crippen molar-refractivity contribution < 1.29 is 4.79 Å². The third-order valence-electron chi connectivity index (χ3n) is 2.67. The van der Waals surface area contributed by atoms with E-state index in [-0.39, 0.29) is 5.91 Å². The Bertz CT molecular complexity index is 202. The van der Waals surface area contributed by atoms with Crippen LogP contribution < -0.4 is 11.1 Å². The smallest absolute Gasteiger partial charge is 0.234 e. The molecule has 0 atom stereocenters. The number of hydrogen-bond donors (Lipinski definition) is 2. The van der Waals surface area contributed by atoms with Crippen molar-refractivity contribution in [1.29, 1.82) is 0 Å². The molecular weight excluding hydrogens is 190 g/mol. The minimum absolute atomic E-state index is 0.156. The molecule has 1 saturated carbocycles. The van der Waals surface area contributed by atoms with Crippen molar-refractivity contribution in [3.8, 4) is 0 Å². The van der Waals surface area contributed by atoms with Crippen molar-refractivity contribution in [2.75, 3.05) is 19.6 Å². The van der Waals surface area contributed by atoms with Gasteiger partial charge in [0, 0.05) is 18.6 Å². The van der Waals surface area contributed by atoms with Crippen LogP contribution in [0.3, 0.4) is 0 Å². The van der Waals surface area contributed by atoms with Crippen LogP contribution in [-0.4, -0.2) is 42.5 Å². The normalized spacial score (nSPS) is 16.1. The quantitative estimate of drug-likeness (QED) is 0.640. The number of nitrogens with one attached hydrogen (secondary N) is 1. The summed E-state index contributed by atoms with van der Waals surface area (Å²) in [4.78, 5) is 13.8. The van der Waals surface area contributed by atoms with E-state index in [1.165, 1.54) is 0 Å². The largest absolute Gasteiger partial charge is 0.352 e. The van der Waals surface area contributed by atoms with Gasteiger partial charge in [-0.1, -0.05) is 0 Å². The first-order valence-corrected chi connectivity index (χ1v) is 5.87. The average Bonchev–Trinajstić information content (AvgIpc) is 2.95. The number of nitrogens with two attached hydrogens (primary N) is 1. The van der Waals surface area contributed by atoms with Crippen molar-refractivity contribution in [2.24, 2.45) is 5.73 Å². The van der Waals surface area contributed by atoms with E-state index in [4.69, 9.17) is 5.73 Å². The maximum atomic E-state index is 11.6. The lowest BCUT2D eigenvalue weighted by Gasteiger charge is -2.25. The minimum atomic E-state index is 0.156. The van der Waals surface area contributed by atoms with Gasteiger partial charge in [-0.2, -0.15) is 0 Å². The highest BCUT2D eigenvalue weighted by Gasteiger charge is 2.24. The van der Waals surface area contributed by atoms with Crippen molar-refractivity contribution in [2.45, 2.75) is 45.2 Å². The molecule has 0 aromatic carbocycles. The molecule has 88 valence electrons. The summed E-state index contributed by atoms with van der Waals surface area (Å²) < 4.78 is 0. The zero-order valence-corrected chi connectivity index (χ0v) is 9.83. The molecule has 0 spiro atoms. The molecule has 0 bridgehead atoms. The summed E-state index contributed by atoms with van der Waals surface area (Å²) in [7, 11) is 0. The summed E-state index contributed by atoms with van der Waals surface area (Å²) in [6, 6.07) is 0.863. The predicted octanol–water partition coefficient (Wildman–Crippen LogP) is 0.324.